The molecular formula is C17H17N5O2S. The molecule has 0 saturated carbocycles. The monoisotopic (exact) mass is 355 g/mol. The molecule has 1 aliphatic rings. The summed E-state index contributed by atoms with van der Waals surface area (Å²) in [5, 5.41) is 20.1. The van der Waals surface area contributed by atoms with Gasteiger partial charge in [-0.2, -0.15) is 5.26 Å². The van der Waals surface area contributed by atoms with Gasteiger partial charge in [-0.1, -0.05) is 11.3 Å². The smallest absolute Gasteiger partial charge is 0.229 e. The van der Waals surface area contributed by atoms with Crippen LogP contribution in [0.5, 0.6) is 0 Å². The van der Waals surface area contributed by atoms with E-state index in [1.54, 1.807) is 23.7 Å². The van der Waals surface area contributed by atoms with Crippen molar-refractivity contribution in [2.24, 2.45) is 5.92 Å². The lowest BCUT2D eigenvalue weighted by atomic mass is 9.94. The minimum Gasteiger partial charge on any atom is -0.370 e. The first-order valence-corrected chi connectivity index (χ1v) is 8.83. The van der Waals surface area contributed by atoms with E-state index in [0.717, 1.165) is 5.69 Å². The van der Waals surface area contributed by atoms with Crippen LogP contribution in [0.2, 0.25) is 0 Å². The van der Waals surface area contributed by atoms with Crippen LogP contribution in [0.3, 0.4) is 0 Å². The fourth-order valence-electron chi connectivity index (χ4n) is 2.92. The molecule has 7 nitrogen and oxygen atoms in total. The van der Waals surface area contributed by atoms with Gasteiger partial charge < -0.3 is 10.2 Å². The van der Waals surface area contributed by atoms with Crippen molar-refractivity contribution in [2.75, 3.05) is 23.3 Å². The number of rotatable bonds is 4. The molecule has 25 heavy (non-hydrogen) atoms. The molecule has 3 rings (SSSR count). The van der Waals surface area contributed by atoms with Gasteiger partial charge in [-0.05, 0) is 38.0 Å². The Labute approximate surface area is 149 Å². The number of nitrogens with zero attached hydrogens (tertiary/aromatic N) is 4. The van der Waals surface area contributed by atoms with E-state index in [1.165, 1.54) is 18.3 Å². The first-order chi connectivity index (χ1) is 12.1. The van der Waals surface area contributed by atoms with Gasteiger partial charge in [0.1, 0.15) is 11.6 Å². The summed E-state index contributed by atoms with van der Waals surface area (Å²) in [5.74, 6) is -0.173. The largest absolute Gasteiger partial charge is 0.370 e. The van der Waals surface area contributed by atoms with Crippen molar-refractivity contribution in [1.82, 2.24) is 10.2 Å². The highest BCUT2D eigenvalue weighted by molar-refractivity contribution is 7.13. The Hall–Kier alpha value is -2.79. The van der Waals surface area contributed by atoms with E-state index in [9.17, 15) is 14.9 Å². The van der Waals surface area contributed by atoms with Gasteiger partial charge >= 0.3 is 0 Å². The van der Waals surface area contributed by atoms with Crippen molar-refractivity contribution in [3.05, 3.63) is 34.8 Å². The number of Topliss-reactive ketones (excluding diaryl/α,β-unsaturated/α-hetero) is 1. The van der Waals surface area contributed by atoms with E-state index in [-0.39, 0.29) is 17.6 Å². The van der Waals surface area contributed by atoms with Crippen LogP contribution in [-0.4, -0.2) is 35.0 Å². The molecule has 0 spiro atoms. The summed E-state index contributed by atoms with van der Waals surface area (Å²) < 4.78 is 0. The maximum Gasteiger partial charge on any atom is 0.229 e. The van der Waals surface area contributed by atoms with Gasteiger partial charge in [0.15, 0.2) is 5.78 Å². The van der Waals surface area contributed by atoms with E-state index in [4.69, 9.17) is 0 Å². The standard InChI is InChI=1S/C17H17N5O2S/c1-11(23)13-2-3-14(9-18)15(8-13)22-6-4-12(5-7-22)16(24)20-17-21-19-10-25-17/h2-3,8,10,12H,4-7H2,1H3,(H,20,21,24). The first kappa shape index (κ1) is 17.0. The number of nitrogens with one attached hydrogen (secondary N) is 1. The van der Waals surface area contributed by atoms with Crippen LogP contribution in [0.15, 0.2) is 23.7 Å². The molecule has 0 bridgehead atoms. The maximum atomic E-state index is 12.3. The number of anilines is 2. The van der Waals surface area contributed by atoms with Crippen LogP contribution in [0.25, 0.3) is 0 Å². The summed E-state index contributed by atoms with van der Waals surface area (Å²) in [6.45, 7) is 2.82. The van der Waals surface area contributed by atoms with Gasteiger partial charge in [0.2, 0.25) is 11.0 Å². The second-order valence-corrected chi connectivity index (χ2v) is 6.73. The lowest BCUT2D eigenvalue weighted by Crippen LogP contribution is -2.38. The lowest BCUT2D eigenvalue weighted by molar-refractivity contribution is -0.120. The number of carbonyl (C=O) groups excluding carboxylic acids is 2. The number of piperidine rings is 1. The minimum atomic E-state index is -0.0957. The SMILES string of the molecule is CC(=O)c1ccc(C#N)c(N2CCC(C(=O)Nc3nncs3)CC2)c1. The molecule has 1 saturated heterocycles. The average molecular weight is 355 g/mol. The van der Waals surface area contributed by atoms with Crippen molar-refractivity contribution in [2.45, 2.75) is 19.8 Å². The van der Waals surface area contributed by atoms with Crippen molar-refractivity contribution in [3.63, 3.8) is 0 Å². The molecule has 1 aromatic carbocycles. The number of amides is 1. The number of carbonyl (C=O) groups is 2. The molecule has 0 aliphatic carbocycles. The zero-order valence-electron chi connectivity index (χ0n) is 13.7. The molecule has 1 aliphatic heterocycles. The first-order valence-electron chi connectivity index (χ1n) is 7.95. The molecule has 0 unspecified atom stereocenters. The lowest BCUT2D eigenvalue weighted by Gasteiger charge is -2.33. The Morgan fingerprint density at radius 2 is 2.12 bits per heavy atom. The van der Waals surface area contributed by atoms with Gasteiger partial charge in [0.25, 0.3) is 0 Å². The number of ketones is 1. The van der Waals surface area contributed by atoms with E-state index < -0.39 is 0 Å². The van der Waals surface area contributed by atoms with E-state index in [2.05, 4.69) is 26.5 Å². The summed E-state index contributed by atoms with van der Waals surface area (Å²) in [6, 6.07) is 7.30. The second-order valence-electron chi connectivity index (χ2n) is 5.89. The van der Waals surface area contributed by atoms with E-state index in [0.29, 0.717) is 42.2 Å². The van der Waals surface area contributed by atoms with Crippen molar-refractivity contribution in [1.29, 1.82) is 5.26 Å². The summed E-state index contributed by atoms with van der Waals surface area (Å²) in [4.78, 5) is 26.0. The zero-order valence-corrected chi connectivity index (χ0v) is 14.5. The average Bonchev–Trinajstić information content (AvgIpc) is 3.14. The van der Waals surface area contributed by atoms with Crippen LogP contribution < -0.4 is 10.2 Å². The predicted octanol–water partition coefficient (Wildman–Crippen LogP) is 2.47. The van der Waals surface area contributed by atoms with Crippen LogP contribution in [0, 0.1) is 17.2 Å². The highest BCUT2D eigenvalue weighted by Gasteiger charge is 2.27. The molecule has 8 heteroatoms. The van der Waals surface area contributed by atoms with Gasteiger partial charge in [0, 0.05) is 24.6 Å². The Morgan fingerprint density at radius 3 is 2.72 bits per heavy atom. The van der Waals surface area contributed by atoms with E-state index >= 15 is 0 Å². The highest BCUT2D eigenvalue weighted by atomic mass is 32.1. The number of aromatic nitrogens is 2. The van der Waals surface area contributed by atoms with Gasteiger partial charge in [-0.3, -0.25) is 9.59 Å². The van der Waals surface area contributed by atoms with E-state index in [1.807, 2.05) is 0 Å². The van der Waals surface area contributed by atoms with Gasteiger partial charge in [-0.25, -0.2) is 0 Å². The number of benzene rings is 1. The number of hydrogen-bond donors (Lipinski definition) is 1. The minimum absolute atomic E-state index is 0.0305. The van der Waals surface area contributed by atoms with Gasteiger partial charge in [0.05, 0.1) is 11.3 Å². The molecule has 1 aromatic heterocycles. The molecular weight excluding hydrogens is 338 g/mol. The molecule has 2 heterocycles. The third kappa shape index (κ3) is 3.83. The normalized spacial score (nSPS) is 14.8. The summed E-state index contributed by atoms with van der Waals surface area (Å²) in [5.41, 5.74) is 3.47. The summed E-state index contributed by atoms with van der Waals surface area (Å²) >= 11 is 1.29. The Kier molecular flexibility index (Phi) is 5.05. The van der Waals surface area contributed by atoms with Crippen molar-refractivity contribution in [3.8, 4) is 6.07 Å². The van der Waals surface area contributed by atoms with Crippen LogP contribution >= 0.6 is 11.3 Å². The Balaban J connectivity index is 1.68. The second kappa shape index (κ2) is 7.40. The quantitative estimate of drug-likeness (QED) is 0.846. The fraction of sp³-hybridized carbons (Fsp3) is 0.353. The number of nitriles is 1. The zero-order chi connectivity index (χ0) is 17.8. The van der Waals surface area contributed by atoms with Crippen molar-refractivity contribution < 1.29 is 9.59 Å². The summed E-state index contributed by atoms with van der Waals surface area (Å²) in [6.07, 6.45) is 1.36. The summed E-state index contributed by atoms with van der Waals surface area (Å²) in [7, 11) is 0. The number of hydrogen-bond acceptors (Lipinski definition) is 7. The fourth-order valence-corrected chi connectivity index (χ4v) is 3.37. The predicted molar refractivity (Wildman–Crippen MR) is 94.6 cm³/mol. The third-order valence-electron chi connectivity index (χ3n) is 4.32. The topological polar surface area (TPSA) is 99.0 Å². The maximum absolute atomic E-state index is 12.3. The van der Waals surface area contributed by atoms with Crippen molar-refractivity contribution >= 4 is 33.8 Å². The van der Waals surface area contributed by atoms with Crippen LogP contribution in [0.1, 0.15) is 35.7 Å². The molecule has 2 aromatic rings. The molecule has 1 fully saturated rings. The molecule has 0 radical (unpaired) electrons. The van der Waals surface area contributed by atoms with Crippen LogP contribution in [0.4, 0.5) is 10.8 Å². The molecule has 1 N–H and O–H groups in total. The molecule has 0 atom stereocenters. The molecule has 1 amide bonds. The Morgan fingerprint density at radius 1 is 1.36 bits per heavy atom. The third-order valence-corrected chi connectivity index (χ3v) is 4.93. The van der Waals surface area contributed by atoms with Gasteiger partial charge in [-0.15, -0.1) is 10.2 Å². The molecule has 128 valence electrons. The van der Waals surface area contributed by atoms with Crippen LogP contribution in [-0.2, 0) is 4.79 Å². The highest BCUT2D eigenvalue weighted by Crippen LogP contribution is 2.28. The Bertz CT molecular complexity index is 820.